The number of halogens is 1. The van der Waals surface area contributed by atoms with Gasteiger partial charge in [0.2, 0.25) is 11.8 Å². The average Bonchev–Trinajstić information content (AvgIpc) is 3.26. The van der Waals surface area contributed by atoms with Crippen molar-refractivity contribution < 1.29 is 19.1 Å². The first-order valence-corrected chi connectivity index (χ1v) is 11.8. The van der Waals surface area contributed by atoms with Gasteiger partial charge in [0.1, 0.15) is 5.75 Å². The van der Waals surface area contributed by atoms with E-state index >= 15 is 0 Å². The van der Waals surface area contributed by atoms with Crippen molar-refractivity contribution in [2.75, 3.05) is 28.7 Å². The highest BCUT2D eigenvalue weighted by atomic mass is 35.5. The number of amides is 3. The molecule has 3 aromatic rings. The minimum absolute atomic E-state index is 0.0963. The summed E-state index contributed by atoms with van der Waals surface area (Å²) in [5, 5.41) is 6.20. The molecule has 2 N–H and O–H groups in total. The highest BCUT2D eigenvalue weighted by Gasteiger charge is 2.35. The highest BCUT2D eigenvalue weighted by Crippen LogP contribution is 2.28. The molecule has 8 heteroatoms. The van der Waals surface area contributed by atoms with Crippen molar-refractivity contribution in [3.05, 3.63) is 83.4 Å². The number of nitrogens with one attached hydrogen (secondary N) is 2. The molecule has 7 nitrogen and oxygen atoms in total. The third-order valence-corrected chi connectivity index (χ3v) is 5.90. The summed E-state index contributed by atoms with van der Waals surface area (Å²) in [7, 11) is 0. The van der Waals surface area contributed by atoms with Crippen LogP contribution in [0, 0.1) is 5.92 Å². The zero-order valence-corrected chi connectivity index (χ0v) is 20.0. The number of hydrogen-bond donors (Lipinski definition) is 2. The quantitative estimate of drug-likeness (QED) is 0.443. The van der Waals surface area contributed by atoms with E-state index in [-0.39, 0.29) is 30.7 Å². The number of carbonyl (C=O) groups excluding carboxylic acids is 3. The van der Waals surface area contributed by atoms with Gasteiger partial charge in [0.25, 0.3) is 5.91 Å². The number of nitrogens with zero attached hydrogens (tertiary/aromatic N) is 1. The van der Waals surface area contributed by atoms with Gasteiger partial charge in [-0.15, -0.1) is 0 Å². The van der Waals surface area contributed by atoms with E-state index in [2.05, 4.69) is 10.6 Å². The Hall–Kier alpha value is -3.84. The lowest BCUT2D eigenvalue weighted by Gasteiger charge is -2.18. The van der Waals surface area contributed by atoms with Crippen LogP contribution in [-0.2, 0) is 9.59 Å². The maximum atomic E-state index is 13.0. The maximum absolute atomic E-state index is 13.0. The summed E-state index contributed by atoms with van der Waals surface area (Å²) >= 11 is 5.90. The number of rotatable bonds is 8. The van der Waals surface area contributed by atoms with Gasteiger partial charge >= 0.3 is 0 Å². The number of carbonyl (C=O) groups is 3. The van der Waals surface area contributed by atoms with Crippen LogP contribution >= 0.6 is 11.6 Å². The topological polar surface area (TPSA) is 87.7 Å². The molecule has 1 unspecified atom stereocenters. The third-order valence-electron chi connectivity index (χ3n) is 5.65. The Labute approximate surface area is 209 Å². The average molecular weight is 492 g/mol. The molecule has 1 aliphatic heterocycles. The summed E-state index contributed by atoms with van der Waals surface area (Å²) in [4.78, 5) is 40.1. The molecule has 1 heterocycles. The van der Waals surface area contributed by atoms with Gasteiger partial charge in [0.05, 0.1) is 23.8 Å². The summed E-state index contributed by atoms with van der Waals surface area (Å²) in [6.07, 6.45) is 1.01. The van der Waals surface area contributed by atoms with Gasteiger partial charge < -0.3 is 20.3 Å². The molecular weight excluding hydrogens is 466 g/mol. The second-order valence-electron chi connectivity index (χ2n) is 8.24. The Bertz CT molecular complexity index is 1210. The Kier molecular flexibility index (Phi) is 7.67. The predicted molar refractivity (Wildman–Crippen MR) is 137 cm³/mol. The molecule has 35 heavy (non-hydrogen) atoms. The molecule has 1 aliphatic rings. The summed E-state index contributed by atoms with van der Waals surface area (Å²) in [6, 6.07) is 20.8. The molecule has 3 amide bonds. The van der Waals surface area contributed by atoms with Crippen LogP contribution in [0.5, 0.6) is 5.75 Å². The van der Waals surface area contributed by atoms with E-state index in [0.717, 1.165) is 17.9 Å². The molecule has 1 saturated heterocycles. The van der Waals surface area contributed by atoms with Crippen molar-refractivity contribution in [1.29, 1.82) is 0 Å². The molecule has 1 atom stereocenters. The number of ether oxygens (including phenoxy) is 1. The van der Waals surface area contributed by atoms with Gasteiger partial charge in [0, 0.05) is 29.4 Å². The van der Waals surface area contributed by atoms with Crippen LogP contribution in [0.4, 0.5) is 17.1 Å². The van der Waals surface area contributed by atoms with Crippen LogP contribution in [0.15, 0.2) is 72.8 Å². The van der Waals surface area contributed by atoms with Crippen LogP contribution in [0.1, 0.15) is 30.1 Å². The molecule has 0 saturated carbocycles. The minimum atomic E-state index is -0.536. The van der Waals surface area contributed by atoms with E-state index in [1.165, 1.54) is 0 Å². The van der Waals surface area contributed by atoms with E-state index in [1.54, 1.807) is 53.4 Å². The lowest BCUT2D eigenvalue weighted by Crippen LogP contribution is -2.28. The summed E-state index contributed by atoms with van der Waals surface area (Å²) in [5.74, 6) is -0.592. The Morgan fingerprint density at radius 3 is 2.43 bits per heavy atom. The third kappa shape index (κ3) is 6.00. The molecule has 0 bridgehead atoms. The van der Waals surface area contributed by atoms with Crippen LogP contribution < -0.4 is 20.3 Å². The first-order chi connectivity index (χ1) is 16.9. The second-order valence-corrected chi connectivity index (χ2v) is 8.68. The first kappa shape index (κ1) is 24.3. The van der Waals surface area contributed by atoms with Gasteiger partial charge in [-0.3, -0.25) is 14.4 Å². The molecular formula is C27H26ClN3O4. The van der Waals surface area contributed by atoms with Gasteiger partial charge in [-0.1, -0.05) is 30.7 Å². The molecule has 0 spiro atoms. The Morgan fingerprint density at radius 1 is 1.00 bits per heavy atom. The van der Waals surface area contributed by atoms with Gasteiger partial charge in [-0.25, -0.2) is 0 Å². The van der Waals surface area contributed by atoms with E-state index in [0.29, 0.717) is 28.6 Å². The lowest BCUT2D eigenvalue weighted by molar-refractivity contribution is -0.122. The minimum Gasteiger partial charge on any atom is -0.494 e. The number of para-hydroxylation sites is 1. The normalized spacial score (nSPS) is 15.1. The molecule has 0 aliphatic carbocycles. The van der Waals surface area contributed by atoms with E-state index in [4.69, 9.17) is 16.3 Å². The molecule has 0 radical (unpaired) electrons. The number of hydrogen-bond acceptors (Lipinski definition) is 4. The molecule has 180 valence electrons. The highest BCUT2D eigenvalue weighted by molar-refractivity contribution is 6.30. The monoisotopic (exact) mass is 491 g/mol. The Morgan fingerprint density at radius 2 is 1.71 bits per heavy atom. The fourth-order valence-electron chi connectivity index (χ4n) is 3.83. The van der Waals surface area contributed by atoms with E-state index in [1.807, 2.05) is 31.2 Å². The van der Waals surface area contributed by atoms with Crippen molar-refractivity contribution in [3.8, 4) is 5.75 Å². The molecule has 0 aromatic heterocycles. The first-order valence-electron chi connectivity index (χ1n) is 11.4. The Balaban J connectivity index is 1.41. The zero-order chi connectivity index (χ0) is 24.8. The van der Waals surface area contributed by atoms with Crippen molar-refractivity contribution >= 4 is 46.4 Å². The van der Waals surface area contributed by atoms with Gasteiger partial charge in [0.15, 0.2) is 0 Å². The van der Waals surface area contributed by atoms with Crippen molar-refractivity contribution in [3.63, 3.8) is 0 Å². The molecule has 4 rings (SSSR count). The van der Waals surface area contributed by atoms with Crippen LogP contribution in [0.25, 0.3) is 0 Å². The van der Waals surface area contributed by atoms with Crippen LogP contribution in [0.3, 0.4) is 0 Å². The summed E-state index contributed by atoms with van der Waals surface area (Å²) in [6.45, 7) is 2.93. The largest absolute Gasteiger partial charge is 0.494 e. The van der Waals surface area contributed by atoms with Crippen LogP contribution in [-0.4, -0.2) is 30.9 Å². The van der Waals surface area contributed by atoms with Gasteiger partial charge in [-0.2, -0.15) is 0 Å². The predicted octanol–water partition coefficient (Wildman–Crippen LogP) is 5.37. The van der Waals surface area contributed by atoms with Crippen molar-refractivity contribution in [1.82, 2.24) is 0 Å². The second kappa shape index (κ2) is 11.1. The zero-order valence-electron chi connectivity index (χ0n) is 19.3. The van der Waals surface area contributed by atoms with Crippen molar-refractivity contribution in [2.45, 2.75) is 19.8 Å². The smallest absolute Gasteiger partial charge is 0.257 e. The van der Waals surface area contributed by atoms with Crippen LogP contribution in [0.2, 0.25) is 5.02 Å². The molecule has 1 fully saturated rings. The number of anilines is 3. The van der Waals surface area contributed by atoms with Gasteiger partial charge in [-0.05, 0) is 67.1 Å². The summed E-state index contributed by atoms with van der Waals surface area (Å²) in [5.41, 5.74) is 2.01. The lowest BCUT2D eigenvalue weighted by atomic mass is 10.1. The fraction of sp³-hybridized carbons (Fsp3) is 0.222. The number of benzene rings is 3. The SMILES string of the molecule is CCCOc1ccc(N2CC(C(=O)Nc3ccccc3C(=O)Nc3ccc(Cl)cc3)CC2=O)cc1. The fourth-order valence-corrected chi connectivity index (χ4v) is 3.96. The molecule has 3 aromatic carbocycles. The van der Waals surface area contributed by atoms with E-state index < -0.39 is 5.92 Å². The summed E-state index contributed by atoms with van der Waals surface area (Å²) < 4.78 is 5.59. The van der Waals surface area contributed by atoms with E-state index in [9.17, 15) is 14.4 Å². The maximum Gasteiger partial charge on any atom is 0.257 e. The van der Waals surface area contributed by atoms with Crippen molar-refractivity contribution in [2.24, 2.45) is 5.92 Å². The standard InChI is InChI=1S/C27H26ClN3O4/c1-2-15-35-22-13-11-21(12-14-22)31-17-18(16-25(31)32)26(33)30-24-6-4-3-5-23(24)27(34)29-20-9-7-19(28)8-10-20/h3-14,18H,2,15-17H2,1H3,(H,29,34)(H,30,33).